The number of thioether (sulfide) groups is 1. The Morgan fingerprint density at radius 1 is 1.29 bits per heavy atom. The lowest BCUT2D eigenvalue weighted by Gasteiger charge is -2.02. The maximum Gasteiger partial charge on any atom is 0.236 e. The minimum absolute atomic E-state index is 0.0961. The molecular weight excluding hydrogens is 353 g/mol. The Morgan fingerprint density at radius 2 is 2.12 bits per heavy atom. The molecule has 2 aromatic heterocycles. The molecule has 0 saturated carbocycles. The van der Waals surface area contributed by atoms with Gasteiger partial charge >= 0.3 is 0 Å². The number of anilines is 1. The number of amides is 1. The Labute approximate surface area is 145 Å². The number of hydrogen-bond acceptors (Lipinski definition) is 5. The van der Waals surface area contributed by atoms with E-state index in [9.17, 15) is 9.18 Å². The first-order valence-corrected chi connectivity index (χ1v) is 8.19. The monoisotopic (exact) mass is 363 g/mol. The minimum atomic E-state index is -0.392. The van der Waals surface area contributed by atoms with Crippen LogP contribution in [0.2, 0.25) is 5.02 Å². The summed E-state index contributed by atoms with van der Waals surface area (Å²) in [7, 11) is 0. The standard InChI is InChI=1S/C15H11ClFN5OS/c16-9-5-6-12(18-7-9)19-13(23)8-24-15-20-14(21-22-15)10-3-1-2-4-11(10)17/h1-7H,8H2,(H,18,19,23)(H,20,21,22). The molecule has 1 amide bonds. The molecule has 2 N–H and O–H groups in total. The number of aromatic nitrogens is 4. The van der Waals surface area contributed by atoms with Gasteiger partial charge in [-0.15, -0.1) is 5.10 Å². The number of benzene rings is 1. The quantitative estimate of drug-likeness (QED) is 0.679. The Kier molecular flexibility index (Phi) is 5.07. The van der Waals surface area contributed by atoms with Crippen LogP contribution in [0.4, 0.5) is 10.2 Å². The highest BCUT2D eigenvalue weighted by molar-refractivity contribution is 7.99. The zero-order valence-electron chi connectivity index (χ0n) is 12.2. The summed E-state index contributed by atoms with van der Waals surface area (Å²) >= 11 is 6.86. The van der Waals surface area contributed by atoms with Crippen molar-refractivity contribution >= 4 is 35.1 Å². The molecule has 2 heterocycles. The van der Waals surface area contributed by atoms with Gasteiger partial charge < -0.3 is 5.32 Å². The van der Waals surface area contributed by atoms with Crippen LogP contribution in [-0.2, 0) is 4.79 Å². The summed E-state index contributed by atoms with van der Waals surface area (Å²) in [6.07, 6.45) is 1.44. The molecule has 6 nitrogen and oxygen atoms in total. The van der Waals surface area contributed by atoms with Crippen LogP contribution in [0.3, 0.4) is 0 Å². The fraction of sp³-hybridized carbons (Fsp3) is 0.0667. The number of pyridine rings is 1. The second-order valence-corrected chi connectivity index (χ2v) is 6.02. The number of carbonyl (C=O) groups is 1. The van der Waals surface area contributed by atoms with Crippen LogP contribution in [0.1, 0.15) is 0 Å². The van der Waals surface area contributed by atoms with Crippen molar-refractivity contribution in [1.82, 2.24) is 20.2 Å². The molecule has 0 atom stereocenters. The van der Waals surface area contributed by atoms with Gasteiger partial charge in [-0.3, -0.25) is 9.89 Å². The fourth-order valence-corrected chi connectivity index (χ4v) is 2.55. The molecule has 3 rings (SSSR count). The molecule has 0 aliphatic carbocycles. The van der Waals surface area contributed by atoms with E-state index in [2.05, 4.69) is 25.5 Å². The highest BCUT2D eigenvalue weighted by Crippen LogP contribution is 2.21. The third-order valence-electron chi connectivity index (χ3n) is 2.92. The number of halogens is 2. The highest BCUT2D eigenvalue weighted by Gasteiger charge is 2.12. The van der Waals surface area contributed by atoms with Gasteiger partial charge in [0.15, 0.2) is 5.82 Å². The molecule has 0 spiro atoms. The van der Waals surface area contributed by atoms with Crippen LogP contribution >= 0.6 is 23.4 Å². The predicted octanol–water partition coefficient (Wildman–Crippen LogP) is 3.39. The van der Waals surface area contributed by atoms with Gasteiger partial charge in [-0.2, -0.15) is 0 Å². The largest absolute Gasteiger partial charge is 0.310 e. The average molecular weight is 364 g/mol. The molecule has 0 fully saturated rings. The molecule has 0 aliphatic heterocycles. The minimum Gasteiger partial charge on any atom is -0.310 e. The molecule has 9 heteroatoms. The second kappa shape index (κ2) is 7.41. The fourth-order valence-electron chi connectivity index (χ4n) is 1.84. The lowest BCUT2D eigenvalue weighted by Crippen LogP contribution is -2.14. The Hall–Kier alpha value is -2.45. The van der Waals surface area contributed by atoms with Crippen molar-refractivity contribution in [2.24, 2.45) is 0 Å². The van der Waals surface area contributed by atoms with Crippen molar-refractivity contribution in [3.63, 3.8) is 0 Å². The lowest BCUT2D eigenvalue weighted by atomic mass is 10.2. The summed E-state index contributed by atoms with van der Waals surface area (Å²) in [4.78, 5) is 20.0. The zero-order chi connectivity index (χ0) is 16.9. The Morgan fingerprint density at radius 3 is 2.88 bits per heavy atom. The number of H-pyrrole nitrogens is 1. The van der Waals surface area contributed by atoms with Gasteiger partial charge in [0, 0.05) is 6.20 Å². The SMILES string of the molecule is O=C(CSc1n[nH]c(-c2ccccc2F)n1)Nc1ccc(Cl)cn1. The normalized spacial score (nSPS) is 10.6. The van der Waals surface area contributed by atoms with Gasteiger partial charge in [0.2, 0.25) is 11.1 Å². The van der Waals surface area contributed by atoms with Crippen LogP contribution in [0.25, 0.3) is 11.4 Å². The molecular formula is C15H11ClFN5OS. The molecule has 24 heavy (non-hydrogen) atoms. The van der Waals surface area contributed by atoms with Crippen LogP contribution < -0.4 is 5.32 Å². The van der Waals surface area contributed by atoms with Crippen LogP contribution in [0, 0.1) is 5.82 Å². The molecule has 3 aromatic rings. The van der Waals surface area contributed by atoms with Crippen LogP contribution in [0.15, 0.2) is 47.8 Å². The average Bonchev–Trinajstić information content (AvgIpc) is 3.04. The van der Waals surface area contributed by atoms with Crippen molar-refractivity contribution in [2.45, 2.75) is 5.16 Å². The van der Waals surface area contributed by atoms with E-state index >= 15 is 0 Å². The van der Waals surface area contributed by atoms with Crippen molar-refractivity contribution in [3.05, 3.63) is 53.4 Å². The topological polar surface area (TPSA) is 83.6 Å². The summed E-state index contributed by atoms with van der Waals surface area (Å²) in [5.74, 6) is 0.171. The van der Waals surface area contributed by atoms with Crippen LogP contribution in [-0.4, -0.2) is 31.8 Å². The number of nitrogens with one attached hydrogen (secondary N) is 2. The summed E-state index contributed by atoms with van der Waals surface area (Å²) in [5.41, 5.74) is 0.326. The first-order chi connectivity index (χ1) is 11.6. The number of aromatic amines is 1. The summed E-state index contributed by atoms with van der Waals surface area (Å²) in [6.45, 7) is 0. The van der Waals surface area contributed by atoms with Gasteiger partial charge in [-0.1, -0.05) is 35.5 Å². The molecule has 0 saturated heterocycles. The van der Waals surface area contributed by atoms with Gasteiger partial charge in [-0.05, 0) is 24.3 Å². The number of rotatable bonds is 5. The summed E-state index contributed by atoms with van der Waals surface area (Å²) in [6, 6.07) is 9.49. The maximum atomic E-state index is 13.7. The zero-order valence-corrected chi connectivity index (χ0v) is 13.7. The van der Waals surface area contributed by atoms with E-state index in [1.807, 2.05) is 0 Å². The molecule has 0 bridgehead atoms. The van der Waals surface area contributed by atoms with Crippen molar-refractivity contribution in [2.75, 3.05) is 11.1 Å². The van der Waals surface area contributed by atoms with Crippen molar-refractivity contribution < 1.29 is 9.18 Å². The number of hydrogen-bond donors (Lipinski definition) is 2. The van der Waals surface area contributed by atoms with Gasteiger partial charge in [0.1, 0.15) is 11.6 Å². The molecule has 0 aliphatic rings. The summed E-state index contributed by atoms with van der Waals surface area (Å²) in [5, 5.41) is 10.1. The third-order valence-corrected chi connectivity index (χ3v) is 3.99. The number of nitrogens with zero attached hydrogens (tertiary/aromatic N) is 3. The van der Waals surface area contributed by atoms with E-state index in [-0.39, 0.29) is 11.7 Å². The highest BCUT2D eigenvalue weighted by atomic mass is 35.5. The molecule has 0 radical (unpaired) electrons. The Balaban J connectivity index is 1.58. The summed E-state index contributed by atoms with van der Waals surface area (Å²) < 4.78 is 13.7. The molecule has 0 unspecified atom stereocenters. The van der Waals surface area contributed by atoms with Crippen molar-refractivity contribution in [3.8, 4) is 11.4 Å². The van der Waals surface area contributed by atoms with E-state index < -0.39 is 5.82 Å². The third kappa shape index (κ3) is 4.09. The lowest BCUT2D eigenvalue weighted by molar-refractivity contribution is -0.113. The first-order valence-electron chi connectivity index (χ1n) is 6.83. The van der Waals surface area contributed by atoms with Gasteiger partial charge in [0.25, 0.3) is 0 Å². The molecule has 1 aromatic carbocycles. The van der Waals surface area contributed by atoms with Crippen molar-refractivity contribution in [1.29, 1.82) is 0 Å². The maximum absolute atomic E-state index is 13.7. The van der Waals surface area contributed by atoms with E-state index in [1.54, 1.807) is 30.3 Å². The first kappa shape index (κ1) is 16.4. The van der Waals surface area contributed by atoms with E-state index in [0.29, 0.717) is 27.4 Å². The van der Waals surface area contributed by atoms with E-state index in [4.69, 9.17) is 11.6 Å². The van der Waals surface area contributed by atoms with E-state index in [1.165, 1.54) is 12.3 Å². The van der Waals surface area contributed by atoms with Gasteiger partial charge in [-0.25, -0.2) is 14.4 Å². The van der Waals surface area contributed by atoms with Gasteiger partial charge in [0.05, 0.1) is 16.3 Å². The number of carbonyl (C=O) groups excluding carboxylic acids is 1. The molecule has 122 valence electrons. The van der Waals surface area contributed by atoms with E-state index in [0.717, 1.165) is 11.8 Å². The second-order valence-electron chi connectivity index (χ2n) is 4.64. The predicted molar refractivity (Wildman–Crippen MR) is 90.4 cm³/mol. The Bertz CT molecular complexity index is 855. The van der Waals surface area contributed by atoms with Crippen LogP contribution in [0.5, 0.6) is 0 Å². The smallest absolute Gasteiger partial charge is 0.236 e.